The van der Waals surface area contributed by atoms with Gasteiger partial charge in [-0.25, -0.2) is 10.3 Å². The largest absolute Gasteiger partial charge is 0.333 e. The van der Waals surface area contributed by atoms with Gasteiger partial charge in [-0.1, -0.05) is 6.92 Å². The van der Waals surface area contributed by atoms with Crippen LogP contribution in [0.5, 0.6) is 0 Å². The van der Waals surface area contributed by atoms with Crippen molar-refractivity contribution in [3.05, 3.63) is 0 Å². The Kier molecular flexibility index (Phi) is 4.91. The molecule has 0 rings (SSSR count). The quantitative estimate of drug-likeness (QED) is 0.568. The predicted molar refractivity (Wildman–Crippen MR) is 47.3 cm³/mol. The summed E-state index contributed by atoms with van der Waals surface area (Å²) in [5.74, 6) is 0. The molecule has 0 saturated heterocycles. The Bertz CT molecular complexity index is 359. The second kappa shape index (κ2) is 5.00. The monoisotopic (exact) mass is 248 g/mol. The fourth-order valence-electron chi connectivity index (χ4n) is 0.574. The van der Waals surface area contributed by atoms with Gasteiger partial charge in [0.05, 0.1) is 6.61 Å². The third-order valence-corrected chi connectivity index (χ3v) is 2.15. The van der Waals surface area contributed by atoms with Crippen LogP contribution in [0.2, 0.25) is 0 Å². The lowest BCUT2D eigenvalue weighted by Crippen LogP contribution is -2.29. The number of hydrogen-bond acceptors (Lipinski definition) is 6. The van der Waals surface area contributed by atoms with Crippen LogP contribution in [0.1, 0.15) is 13.3 Å². The molecule has 0 aliphatic heterocycles. The van der Waals surface area contributed by atoms with Crippen LogP contribution in [0.15, 0.2) is 0 Å². The van der Waals surface area contributed by atoms with E-state index in [0.717, 1.165) is 0 Å². The van der Waals surface area contributed by atoms with Gasteiger partial charge in [-0.05, 0) is 6.42 Å². The standard InChI is InChI=1S/C4H12N2O6S2/c1-2-4(12-14(6,9)10)3-11-13(5,7)8/h4H,2-3H2,1H3,(H2,5,7,8)(H2,6,9,10). The normalized spacial score (nSPS) is 15.4. The SMILES string of the molecule is CCC(COS(N)(=O)=O)OS(N)(=O)=O. The van der Waals surface area contributed by atoms with E-state index < -0.39 is 33.3 Å². The van der Waals surface area contributed by atoms with Crippen LogP contribution in [0.4, 0.5) is 0 Å². The van der Waals surface area contributed by atoms with Gasteiger partial charge >= 0.3 is 20.6 Å². The Morgan fingerprint density at radius 1 is 1.14 bits per heavy atom. The Balaban J connectivity index is 4.19. The Morgan fingerprint density at radius 3 is 1.93 bits per heavy atom. The maximum atomic E-state index is 10.4. The molecule has 0 aliphatic carbocycles. The van der Waals surface area contributed by atoms with Crippen molar-refractivity contribution in [2.24, 2.45) is 10.3 Å². The molecular formula is C4H12N2O6S2. The van der Waals surface area contributed by atoms with Crippen LogP contribution < -0.4 is 10.3 Å². The first-order valence-electron chi connectivity index (χ1n) is 3.52. The summed E-state index contributed by atoms with van der Waals surface area (Å²) >= 11 is 0. The first-order valence-corrected chi connectivity index (χ1v) is 6.46. The Hall–Kier alpha value is -0.260. The van der Waals surface area contributed by atoms with Crippen molar-refractivity contribution in [3.63, 3.8) is 0 Å². The van der Waals surface area contributed by atoms with E-state index in [4.69, 9.17) is 0 Å². The van der Waals surface area contributed by atoms with E-state index in [1.165, 1.54) is 0 Å². The molecule has 4 N–H and O–H groups in total. The molecule has 0 heterocycles. The topological polar surface area (TPSA) is 139 Å². The van der Waals surface area contributed by atoms with Crippen molar-refractivity contribution in [3.8, 4) is 0 Å². The van der Waals surface area contributed by atoms with Crippen LogP contribution in [0.3, 0.4) is 0 Å². The Labute approximate surface area is 82.7 Å². The van der Waals surface area contributed by atoms with Gasteiger partial charge in [-0.15, -0.1) is 0 Å². The average molecular weight is 248 g/mol. The lowest BCUT2D eigenvalue weighted by molar-refractivity contribution is 0.134. The van der Waals surface area contributed by atoms with Gasteiger partial charge < -0.3 is 0 Å². The number of hydrogen-bond donors (Lipinski definition) is 2. The van der Waals surface area contributed by atoms with Gasteiger partial charge in [0.25, 0.3) is 0 Å². The molecule has 86 valence electrons. The molecule has 14 heavy (non-hydrogen) atoms. The minimum Gasteiger partial charge on any atom is -0.255 e. The fraction of sp³-hybridized carbons (Fsp3) is 1.00. The molecule has 0 bridgehead atoms. The summed E-state index contributed by atoms with van der Waals surface area (Å²) in [6.45, 7) is 1.08. The first-order chi connectivity index (χ1) is 6.14. The van der Waals surface area contributed by atoms with Crippen molar-refractivity contribution in [2.75, 3.05) is 6.61 Å². The third-order valence-electron chi connectivity index (χ3n) is 1.14. The highest BCUT2D eigenvalue weighted by molar-refractivity contribution is 7.84. The highest BCUT2D eigenvalue weighted by atomic mass is 32.2. The van der Waals surface area contributed by atoms with Crippen LogP contribution in [0.25, 0.3) is 0 Å². The van der Waals surface area contributed by atoms with Crippen LogP contribution in [0, 0.1) is 0 Å². The van der Waals surface area contributed by atoms with Crippen molar-refractivity contribution >= 4 is 20.6 Å². The molecule has 0 saturated carbocycles. The molecule has 1 atom stereocenters. The van der Waals surface area contributed by atoms with Crippen molar-refractivity contribution in [1.82, 2.24) is 0 Å². The predicted octanol–water partition coefficient (Wildman–Crippen LogP) is -1.79. The highest BCUT2D eigenvalue weighted by Gasteiger charge is 2.16. The molecule has 0 aromatic heterocycles. The van der Waals surface area contributed by atoms with Crippen LogP contribution in [-0.2, 0) is 29.0 Å². The minimum absolute atomic E-state index is 0.214. The molecule has 0 aliphatic rings. The van der Waals surface area contributed by atoms with E-state index in [1.807, 2.05) is 0 Å². The van der Waals surface area contributed by atoms with E-state index in [0.29, 0.717) is 0 Å². The zero-order valence-electron chi connectivity index (χ0n) is 7.41. The van der Waals surface area contributed by atoms with E-state index in [2.05, 4.69) is 18.6 Å². The summed E-state index contributed by atoms with van der Waals surface area (Å²) in [6, 6.07) is 0. The second-order valence-corrected chi connectivity index (χ2v) is 4.80. The first kappa shape index (κ1) is 13.7. The lowest BCUT2D eigenvalue weighted by Gasteiger charge is -2.12. The maximum Gasteiger partial charge on any atom is 0.333 e. The van der Waals surface area contributed by atoms with Gasteiger partial charge in [0.15, 0.2) is 0 Å². The molecule has 10 heteroatoms. The minimum atomic E-state index is -4.12. The van der Waals surface area contributed by atoms with E-state index in [9.17, 15) is 16.8 Å². The van der Waals surface area contributed by atoms with E-state index in [1.54, 1.807) is 6.92 Å². The third kappa shape index (κ3) is 8.34. The Morgan fingerprint density at radius 2 is 1.64 bits per heavy atom. The van der Waals surface area contributed by atoms with Gasteiger partial charge in [0.1, 0.15) is 6.10 Å². The molecule has 8 nitrogen and oxygen atoms in total. The van der Waals surface area contributed by atoms with Gasteiger partial charge in [0.2, 0.25) is 0 Å². The molecule has 0 fully saturated rings. The fourth-order valence-corrected chi connectivity index (χ4v) is 1.49. The summed E-state index contributed by atoms with van der Waals surface area (Å²) in [7, 11) is -8.22. The van der Waals surface area contributed by atoms with Crippen molar-refractivity contribution in [2.45, 2.75) is 19.4 Å². The van der Waals surface area contributed by atoms with Gasteiger partial charge in [0, 0.05) is 0 Å². The molecule has 0 spiro atoms. The average Bonchev–Trinajstić information content (AvgIpc) is 1.94. The molecule has 0 aromatic carbocycles. The lowest BCUT2D eigenvalue weighted by atomic mass is 10.3. The van der Waals surface area contributed by atoms with Crippen molar-refractivity contribution < 1.29 is 25.2 Å². The molecular weight excluding hydrogens is 236 g/mol. The van der Waals surface area contributed by atoms with Crippen molar-refractivity contribution in [1.29, 1.82) is 0 Å². The zero-order valence-corrected chi connectivity index (χ0v) is 9.05. The molecule has 0 amide bonds. The van der Waals surface area contributed by atoms with Crippen LogP contribution in [-0.4, -0.2) is 29.5 Å². The molecule has 0 aromatic rings. The number of nitrogens with two attached hydrogens (primary N) is 2. The molecule has 1 unspecified atom stereocenters. The summed E-state index contributed by atoms with van der Waals surface area (Å²) < 4.78 is 50.0. The smallest absolute Gasteiger partial charge is 0.255 e. The highest BCUT2D eigenvalue weighted by Crippen LogP contribution is 2.02. The molecule has 0 radical (unpaired) electrons. The van der Waals surface area contributed by atoms with Gasteiger partial charge in [-0.3, -0.25) is 8.37 Å². The summed E-state index contributed by atoms with van der Waals surface area (Å²) in [6.07, 6.45) is -0.755. The summed E-state index contributed by atoms with van der Waals surface area (Å²) in [5.41, 5.74) is 0. The number of rotatable bonds is 6. The summed E-state index contributed by atoms with van der Waals surface area (Å²) in [5, 5.41) is 9.08. The zero-order chi connectivity index (χ0) is 11.4. The second-order valence-electron chi connectivity index (χ2n) is 2.40. The van der Waals surface area contributed by atoms with E-state index in [-0.39, 0.29) is 6.42 Å². The van der Waals surface area contributed by atoms with Gasteiger partial charge in [-0.2, -0.15) is 16.8 Å². The van der Waals surface area contributed by atoms with E-state index >= 15 is 0 Å². The maximum absolute atomic E-state index is 10.4. The van der Waals surface area contributed by atoms with Crippen LogP contribution >= 0.6 is 0 Å². The summed E-state index contributed by atoms with van der Waals surface area (Å²) in [4.78, 5) is 0.